The Balaban J connectivity index is 2.34. The third kappa shape index (κ3) is 2.28. The Morgan fingerprint density at radius 3 is 2.50 bits per heavy atom. The summed E-state index contributed by atoms with van der Waals surface area (Å²) < 4.78 is 5.51. The second kappa shape index (κ2) is 4.45. The van der Waals surface area contributed by atoms with Gasteiger partial charge in [0.15, 0.2) is 0 Å². The normalized spacial score (nSPS) is 12.7. The third-order valence-electron chi connectivity index (χ3n) is 2.18. The van der Waals surface area contributed by atoms with E-state index >= 15 is 0 Å². The molecule has 4 heteroatoms. The van der Waals surface area contributed by atoms with Crippen molar-refractivity contribution < 1.29 is 4.74 Å². The number of hydrogen-bond donors (Lipinski definition) is 1. The highest BCUT2D eigenvalue weighted by Crippen LogP contribution is 2.17. The molecule has 16 heavy (non-hydrogen) atoms. The second-order valence-corrected chi connectivity index (χ2v) is 3.89. The van der Waals surface area contributed by atoms with Gasteiger partial charge in [-0.3, -0.25) is 0 Å². The molecule has 84 valence electrons. The van der Waals surface area contributed by atoms with Gasteiger partial charge in [-0.05, 0) is 26.0 Å². The van der Waals surface area contributed by atoms with E-state index in [1.165, 1.54) is 0 Å². The van der Waals surface area contributed by atoms with Crippen molar-refractivity contribution in [3.8, 4) is 5.88 Å². The number of aryl methyl sites for hydroxylation is 1. The molecule has 2 N–H and O–H groups in total. The number of benzene rings is 1. The highest BCUT2D eigenvalue weighted by molar-refractivity contribution is 5.74. The second-order valence-electron chi connectivity index (χ2n) is 3.89. The van der Waals surface area contributed by atoms with E-state index in [-0.39, 0.29) is 6.04 Å². The van der Waals surface area contributed by atoms with E-state index in [0.717, 1.165) is 16.7 Å². The van der Waals surface area contributed by atoms with Gasteiger partial charge in [-0.2, -0.15) is 0 Å². The van der Waals surface area contributed by atoms with Gasteiger partial charge in [-0.15, -0.1) is 0 Å². The summed E-state index contributed by atoms with van der Waals surface area (Å²) in [7, 11) is 0. The average molecular weight is 217 g/mol. The minimum absolute atomic E-state index is 0.00679. The molecular formula is C12H15N3O. The van der Waals surface area contributed by atoms with E-state index in [4.69, 9.17) is 10.5 Å². The summed E-state index contributed by atoms with van der Waals surface area (Å²) in [4.78, 5) is 8.83. The number of ether oxygens (including phenoxy) is 1. The van der Waals surface area contributed by atoms with Crippen molar-refractivity contribution in [2.45, 2.75) is 19.9 Å². The van der Waals surface area contributed by atoms with Crippen molar-refractivity contribution in [1.29, 1.82) is 0 Å². The maximum Gasteiger partial charge on any atom is 0.235 e. The van der Waals surface area contributed by atoms with Crippen LogP contribution in [0.15, 0.2) is 24.3 Å². The Bertz CT molecular complexity index is 497. The summed E-state index contributed by atoms with van der Waals surface area (Å²) in [5, 5.41) is 0. The first-order valence-corrected chi connectivity index (χ1v) is 5.28. The summed E-state index contributed by atoms with van der Waals surface area (Å²) in [6.45, 7) is 4.23. The van der Waals surface area contributed by atoms with Crippen molar-refractivity contribution in [3.63, 3.8) is 0 Å². The molecular weight excluding hydrogens is 202 g/mol. The molecule has 1 unspecified atom stereocenters. The molecule has 2 rings (SSSR count). The molecule has 1 atom stereocenters. The number of aromatic nitrogens is 2. The monoisotopic (exact) mass is 217 g/mol. The Kier molecular flexibility index (Phi) is 3.01. The van der Waals surface area contributed by atoms with Crippen LogP contribution in [0, 0.1) is 6.92 Å². The molecule has 0 bridgehead atoms. The van der Waals surface area contributed by atoms with Gasteiger partial charge in [0, 0.05) is 6.04 Å². The Labute approximate surface area is 94.5 Å². The van der Waals surface area contributed by atoms with Gasteiger partial charge in [-0.1, -0.05) is 12.1 Å². The van der Waals surface area contributed by atoms with Crippen molar-refractivity contribution >= 4 is 11.0 Å². The summed E-state index contributed by atoms with van der Waals surface area (Å²) in [6.07, 6.45) is 0. The zero-order valence-electron chi connectivity index (χ0n) is 9.47. The van der Waals surface area contributed by atoms with Gasteiger partial charge in [0.1, 0.15) is 12.3 Å². The van der Waals surface area contributed by atoms with Crippen LogP contribution in [0.5, 0.6) is 5.88 Å². The number of para-hydroxylation sites is 2. The summed E-state index contributed by atoms with van der Waals surface area (Å²) in [5.74, 6) is 0.566. The van der Waals surface area contributed by atoms with Crippen LogP contribution in [-0.2, 0) is 0 Å². The molecule has 2 aromatic rings. The molecule has 0 aliphatic carbocycles. The van der Waals surface area contributed by atoms with Gasteiger partial charge in [0.05, 0.1) is 11.0 Å². The number of nitrogens with zero attached hydrogens (tertiary/aromatic N) is 2. The molecule has 4 nitrogen and oxygen atoms in total. The number of fused-ring (bicyclic) bond motifs is 1. The van der Waals surface area contributed by atoms with Crippen LogP contribution in [-0.4, -0.2) is 22.6 Å². The highest BCUT2D eigenvalue weighted by atomic mass is 16.5. The van der Waals surface area contributed by atoms with Crippen LogP contribution in [0.2, 0.25) is 0 Å². The number of rotatable bonds is 3. The zero-order chi connectivity index (χ0) is 11.5. The topological polar surface area (TPSA) is 61.0 Å². The van der Waals surface area contributed by atoms with Crippen molar-refractivity contribution in [3.05, 3.63) is 30.0 Å². The van der Waals surface area contributed by atoms with E-state index in [1.807, 2.05) is 38.1 Å². The standard InChI is InChI=1S/C12H15N3O/c1-8(13)7-16-12-9(2)14-10-5-3-4-6-11(10)15-12/h3-6,8H,7,13H2,1-2H3. The fraction of sp³-hybridized carbons (Fsp3) is 0.333. The minimum atomic E-state index is -0.00679. The fourth-order valence-electron chi connectivity index (χ4n) is 1.42. The van der Waals surface area contributed by atoms with Gasteiger partial charge < -0.3 is 10.5 Å². The summed E-state index contributed by atoms with van der Waals surface area (Å²) in [6, 6.07) is 7.72. The SMILES string of the molecule is Cc1nc2ccccc2nc1OCC(C)N. The van der Waals surface area contributed by atoms with Gasteiger partial charge >= 0.3 is 0 Å². The molecule has 0 spiro atoms. The predicted octanol–water partition coefficient (Wildman–Crippen LogP) is 1.66. The lowest BCUT2D eigenvalue weighted by atomic mass is 10.3. The van der Waals surface area contributed by atoms with E-state index in [0.29, 0.717) is 12.5 Å². The maximum atomic E-state index is 5.63. The lowest BCUT2D eigenvalue weighted by Gasteiger charge is -2.10. The molecule has 1 heterocycles. The van der Waals surface area contributed by atoms with Crippen LogP contribution in [0.25, 0.3) is 11.0 Å². The Hall–Kier alpha value is -1.68. The molecule has 0 amide bonds. The molecule has 0 aliphatic rings. The number of nitrogens with two attached hydrogens (primary N) is 1. The molecule has 1 aromatic carbocycles. The van der Waals surface area contributed by atoms with Crippen molar-refractivity contribution in [1.82, 2.24) is 9.97 Å². The van der Waals surface area contributed by atoms with E-state index in [2.05, 4.69) is 9.97 Å². The maximum absolute atomic E-state index is 5.63. The summed E-state index contributed by atoms with van der Waals surface area (Å²) >= 11 is 0. The first-order chi connectivity index (χ1) is 7.66. The van der Waals surface area contributed by atoms with Crippen LogP contribution in [0.4, 0.5) is 0 Å². The van der Waals surface area contributed by atoms with Gasteiger partial charge in [0.25, 0.3) is 0 Å². The molecule has 0 radical (unpaired) electrons. The third-order valence-corrected chi connectivity index (χ3v) is 2.18. The van der Waals surface area contributed by atoms with Crippen molar-refractivity contribution in [2.24, 2.45) is 5.73 Å². The molecule has 0 fully saturated rings. The van der Waals surface area contributed by atoms with E-state index in [9.17, 15) is 0 Å². The van der Waals surface area contributed by atoms with E-state index in [1.54, 1.807) is 0 Å². The molecule has 1 aromatic heterocycles. The smallest absolute Gasteiger partial charge is 0.235 e. The van der Waals surface area contributed by atoms with Crippen LogP contribution in [0.1, 0.15) is 12.6 Å². The van der Waals surface area contributed by atoms with Gasteiger partial charge in [-0.25, -0.2) is 9.97 Å². The minimum Gasteiger partial charge on any atom is -0.475 e. The van der Waals surface area contributed by atoms with Crippen LogP contribution in [0.3, 0.4) is 0 Å². The van der Waals surface area contributed by atoms with Gasteiger partial charge in [0.2, 0.25) is 5.88 Å². The Morgan fingerprint density at radius 1 is 1.25 bits per heavy atom. The first-order valence-electron chi connectivity index (χ1n) is 5.28. The summed E-state index contributed by atoms with van der Waals surface area (Å²) in [5.41, 5.74) is 8.14. The quantitative estimate of drug-likeness (QED) is 0.849. The predicted molar refractivity (Wildman–Crippen MR) is 63.4 cm³/mol. The highest BCUT2D eigenvalue weighted by Gasteiger charge is 2.06. The Morgan fingerprint density at radius 2 is 1.88 bits per heavy atom. The lowest BCUT2D eigenvalue weighted by molar-refractivity contribution is 0.283. The van der Waals surface area contributed by atoms with Crippen molar-refractivity contribution in [2.75, 3.05) is 6.61 Å². The van der Waals surface area contributed by atoms with E-state index < -0.39 is 0 Å². The molecule has 0 saturated heterocycles. The number of hydrogen-bond acceptors (Lipinski definition) is 4. The van der Waals surface area contributed by atoms with Crippen LogP contribution < -0.4 is 10.5 Å². The largest absolute Gasteiger partial charge is 0.475 e. The fourth-order valence-corrected chi connectivity index (χ4v) is 1.42. The molecule has 0 saturated carbocycles. The lowest BCUT2D eigenvalue weighted by Crippen LogP contribution is -2.24. The van der Waals surface area contributed by atoms with Crippen LogP contribution >= 0.6 is 0 Å². The molecule has 0 aliphatic heterocycles. The average Bonchev–Trinajstić information content (AvgIpc) is 2.26. The zero-order valence-corrected chi connectivity index (χ0v) is 9.47. The first kappa shape index (κ1) is 10.8.